The summed E-state index contributed by atoms with van der Waals surface area (Å²) < 4.78 is 34.5. The van der Waals surface area contributed by atoms with Gasteiger partial charge < -0.3 is 19.1 Å². The molecule has 0 spiro atoms. The van der Waals surface area contributed by atoms with Crippen molar-refractivity contribution in [3.63, 3.8) is 0 Å². The van der Waals surface area contributed by atoms with Gasteiger partial charge in [0.1, 0.15) is 0 Å². The second-order valence-electron chi connectivity index (χ2n) is 6.17. The Morgan fingerprint density at radius 1 is 1.20 bits per heavy atom. The van der Waals surface area contributed by atoms with Crippen LogP contribution in [0.3, 0.4) is 0 Å². The smallest absolute Gasteiger partial charge is 0.317 e. The zero-order valence-corrected chi connectivity index (χ0v) is 16.5. The predicted octanol–water partition coefficient (Wildman–Crippen LogP) is 2.75. The molecular weight excluding hydrogens is 344 g/mol. The third-order valence-electron chi connectivity index (χ3n) is 3.58. The van der Waals surface area contributed by atoms with Gasteiger partial charge in [0, 0.05) is 19.1 Å². The molecule has 7 nitrogen and oxygen atoms in total. The molecule has 0 aliphatic heterocycles. The van der Waals surface area contributed by atoms with Crippen molar-refractivity contribution in [2.45, 2.75) is 52.5 Å². The second-order valence-corrected chi connectivity index (χ2v) is 8.26. The Bertz CT molecular complexity index is 686. The Morgan fingerprint density at radius 2 is 1.84 bits per heavy atom. The number of benzene rings is 1. The van der Waals surface area contributed by atoms with E-state index in [4.69, 9.17) is 8.92 Å². The average molecular weight is 372 g/mol. The number of nitrogens with one attached hydrogen (secondary N) is 1. The molecule has 0 saturated carbocycles. The van der Waals surface area contributed by atoms with Crippen LogP contribution in [0.2, 0.25) is 0 Å². The van der Waals surface area contributed by atoms with Crippen LogP contribution in [0.25, 0.3) is 0 Å². The summed E-state index contributed by atoms with van der Waals surface area (Å²) in [6, 6.07) is 4.81. The van der Waals surface area contributed by atoms with Gasteiger partial charge in [0.05, 0.1) is 12.4 Å². The number of rotatable bonds is 8. The number of nitrogens with zero attached hydrogens (tertiary/aromatic N) is 1. The highest BCUT2D eigenvalue weighted by Crippen LogP contribution is 2.30. The zero-order valence-electron chi connectivity index (χ0n) is 15.7. The average Bonchev–Trinajstić information content (AvgIpc) is 2.52. The molecule has 142 valence electrons. The summed E-state index contributed by atoms with van der Waals surface area (Å²) in [5, 5.41) is 2.10. The Kier molecular flexibility index (Phi) is 7.54. The molecule has 0 atom stereocenters. The molecule has 0 aromatic heterocycles. The van der Waals surface area contributed by atoms with Gasteiger partial charge in [0.15, 0.2) is 11.5 Å². The minimum absolute atomic E-state index is 0.0163. The van der Waals surface area contributed by atoms with Gasteiger partial charge in [-0.15, -0.1) is 0 Å². The molecular formula is C17H28N2O5S. The molecule has 0 aliphatic carbocycles. The van der Waals surface area contributed by atoms with Crippen molar-refractivity contribution in [2.75, 3.05) is 13.7 Å². The maximum Gasteiger partial charge on any atom is 0.317 e. The van der Waals surface area contributed by atoms with E-state index in [0.717, 1.165) is 5.56 Å². The zero-order chi connectivity index (χ0) is 19.2. The summed E-state index contributed by atoms with van der Waals surface area (Å²) >= 11 is 0. The van der Waals surface area contributed by atoms with Crippen molar-refractivity contribution in [3.8, 4) is 11.5 Å². The van der Waals surface area contributed by atoms with Crippen LogP contribution >= 0.6 is 0 Å². The molecule has 0 fully saturated rings. The minimum Gasteiger partial charge on any atom is -0.493 e. The van der Waals surface area contributed by atoms with Crippen LogP contribution < -0.4 is 14.2 Å². The molecule has 1 rings (SSSR count). The van der Waals surface area contributed by atoms with E-state index < -0.39 is 15.4 Å². The number of urea groups is 1. The molecule has 1 aromatic rings. The van der Waals surface area contributed by atoms with Crippen molar-refractivity contribution >= 4 is 16.1 Å². The minimum atomic E-state index is -3.74. The van der Waals surface area contributed by atoms with E-state index in [0.29, 0.717) is 18.8 Å². The Labute approximate surface area is 150 Å². The Balaban J connectivity index is 3.13. The number of hydrogen-bond donors (Lipinski definition) is 1. The van der Waals surface area contributed by atoms with Crippen LogP contribution in [0.4, 0.5) is 4.79 Å². The van der Waals surface area contributed by atoms with E-state index >= 15 is 0 Å². The van der Waals surface area contributed by atoms with Crippen molar-refractivity contribution < 1.29 is 22.1 Å². The van der Waals surface area contributed by atoms with Gasteiger partial charge in [0.2, 0.25) is 0 Å². The van der Waals surface area contributed by atoms with Crippen molar-refractivity contribution in [3.05, 3.63) is 23.8 Å². The van der Waals surface area contributed by atoms with E-state index in [9.17, 15) is 13.2 Å². The number of carbonyl (C=O) groups is 1. The fraction of sp³-hybridized carbons (Fsp3) is 0.588. The van der Waals surface area contributed by atoms with E-state index in [1.54, 1.807) is 36.9 Å². The Hall–Kier alpha value is -1.96. The number of carbonyl (C=O) groups excluding carboxylic acids is 1. The van der Waals surface area contributed by atoms with Crippen molar-refractivity contribution in [1.29, 1.82) is 0 Å². The summed E-state index contributed by atoms with van der Waals surface area (Å²) in [4.78, 5) is 13.8. The standard InChI is InChI=1S/C17H28N2O5S/c1-7-18-17(20)19(12(2)3)11-14-8-9-15(23-6)16(10-14)24-25(21,22)13(4)5/h8-10,12-13H,7,11H2,1-6H3,(H,18,20). The number of hydrogen-bond acceptors (Lipinski definition) is 5. The largest absolute Gasteiger partial charge is 0.493 e. The monoisotopic (exact) mass is 372 g/mol. The number of amides is 2. The van der Waals surface area contributed by atoms with Crippen LogP contribution in [-0.2, 0) is 16.7 Å². The van der Waals surface area contributed by atoms with Crippen LogP contribution in [0.5, 0.6) is 11.5 Å². The normalized spacial score (nSPS) is 11.5. The van der Waals surface area contributed by atoms with Gasteiger partial charge in [-0.2, -0.15) is 8.42 Å². The molecule has 25 heavy (non-hydrogen) atoms. The first kappa shape index (κ1) is 21.1. The number of ether oxygens (including phenoxy) is 1. The van der Waals surface area contributed by atoms with Crippen LogP contribution in [-0.4, -0.2) is 44.3 Å². The highest BCUT2D eigenvalue weighted by molar-refractivity contribution is 7.87. The first-order valence-electron chi connectivity index (χ1n) is 8.27. The number of methoxy groups -OCH3 is 1. The van der Waals surface area contributed by atoms with E-state index in [2.05, 4.69) is 5.32 Å². The molecule has 0 radical (unpaired) electrons. The third kappa shape index (κ3) is 5.81. The summed E-state index contributed by atoms with van der Waals surface area (Å²) in [6.45, 7) is 9.63. The highest BCUT2D eigenvalue weighted by Gasteiger charge is 2.22. The van der Waals surface area contributed by atoms with E-state index in [1.165, 1.54) is 7.11 Å². The summed E-state index contributed by atoms with van der Waals surface area (Å²) in [5.74, 6) is 0.440. The summed E-state index contributed by atoms with van der Waals surface area (Å²) in [5.41, 5.74) is 0.745. The Morgan fingerprint density at radius 3 is 2.32 bits per heavy atom. The van der Waals surface area contributed by atoms with Crippen LogP contribution in [0, 0.1) is 0 Å². The molecule has 1 aromatic carbocycles. The SMILES string of the molecule is CCNC(=O)N(Cc1ccc(OC)c(OS(=O)(=O)C(C)C)c1)C(C)C. The fourth-order valence-corrected chi connectivity index (χ4v) is 2.62. The highest BCUT2D eigenvalue weighted by atomic mass is 32.2. The molecule has 1 N–H and O–H groups in total. The third-order valence-corrected chi connectivity index (χ3v) is 5.14. The molecule has 0 heterocycles. The molecule has 0 bridgehead atoms. The lowest BCUT2D eigenvalue weighted by molar-refractivity contribution is 0.180. The summed E-state index contributed by atoms with van der Waals surface area (Å²) in [7, 11) is -2.30. The second kappa shape index (κ2) is 8.94. The van der Waals surface area contributed by atoms with E-state index in [1.807, 2.05) is 20.8 Å². The maximum atomic E-state index is 12.2. The lowest BCUT2D eigenvalue weighted by atomic mass is 10.1. The van der Waals surface area contributed by atoms with Crippen LogP contribution in [0.1, 0.15) is 40.2 Å². The quantitative estimate of drug-likeness (QED) is 0.709. The molecule has 0 aliphatic rings. The first-order valence-corrected chi connectivity index (χ1v) is 9.74. The van der Waals surface area contributed by atoms with E-state index in [-0.39, 0.29) is 17.8 Å². The predicted molar refractivity (Wildman–Crippen MR) is 97.4 cm³/mol. The van der Waals surface area contributed by atoms with Crippen molar-refractivity contribution in [2.24, 2.45) is 0 Å². The maximum absolute atomic E-state index is 12.2. The lowest BCUT2D eigenvalue weighted by Crippen LogP contribution is -2.43. The summed E-state index contributed by atoms with van der Waals surface area (Å²) in [6.07, 6.45) is 0. The van der Waals surface area contributed by atoms with Gasteiger partial charge >= 0.3 is 16.1 Å². The molecule has 2 amide bonds. The van der Waals surface area contributed by atoms with Gasteiger partial charge in [-0.25, -0.2) is 4.79 Å². The van der Waals surface area contributed by atoms with Gasteiger partial charge in [-0.3, -0.25) is 0 Å². The van der Waals surface area contributed by atoms with Gasteiger partial charge in [-0.1, -0.05) is 6.07 Å². The lowest BCUT2D eigenvalue weighted by Gasteiger charge is -2.27. The van der Waals surface area contributed by atoms with Crippen molar-refractivity contribution in [1.82, 2.24) is 10.2 Å². The first-order chi connectivity index (χ1) is 11.6. The molecule has 0 saturated heterocycles. The fourth-order valence-electron chi connectivity index (χ4n) is 2.04. The van der Waals surface area contributed by atoms with Gasteiger partial charge in [0.25, 0.3) is 0 Å². The topological polar surface area (TPSA) is 84.9 Å². The van der Waals surface area contributed by atoms with Gasteiger partial charge in [-0.05, 0) is 52.3 Å². The van der Waals surface area contributed by atoms with Crippen LogP contribution in [0.15, 0.2) is 18.2 Å². The molecule has 0 unspecified atom stereocenters. The molecule has 8 heteroatoms.